The SMILES string of the molecule is CN(C)C1(CNc2c([N+](=O)[O-])ccc(F)c2F)CCCC1. The Labute approximate surface area is 122 Å². The lowest BCUT2D eigenvalue weighted by Crippen LogP contribution is -2.47. The third-order valence-corrected chi connectivity index (χ3v) is 4.35. The van der Waals surface area contributed by atoms with Crippen LogP contribution in [0.25, 0.3) is 0 Å². The molecule has 1 saturated carbocycles. The van der Waals surface area contributed by atoms with Crippen molar-refractivity contribution < 1.29 is 13.7 Å². The van der Waals surface area contributed by atoms with Crippen molar-refractivity contribution in [2.24, 2.45) is 0 Å². The van der Waals surface area contributed by atoms with Crippen molar-refractivity contribution >= 4 is 11.4 Å². The van der Waals surface area contributed by atoms with Gasteiger partial charge in [0.1, 0.15) is 0 Å². The Kier molecular flexibility index (Phi) is 4.41. The number of hydrogen-bond acceptors (Lipinski definition) is 4. The molecule has 21 heavy (non-hydrogen) atoms. The van der Waals surface area contributed by atoms with Gasteiger partial charge in [0, 0.05) is 18.2 Å². The van der Waals surface area contributed by atoms with Crippen molar-refractivity contribution in [2.45, 2.75) is 31.2 Å². The predicted octanol–water partition coefficient (Wildman–Crippen LogP) is 3.16. The van der Waals surface area contributed by atoms with Gasteiger partial charge in [-0.15, -0.1) is 0 Å². The molecule has 1 N–H and O–H groups in total. The highest BCUT2D eigenvalue weighted by molar-refractivity contribution is 5.62. The largest absolute Gasteiger partial charge is 0.375 e. The highest BCUT2D eigenvalue weighted by atomic mass is 19.2. The van der Waals surface area contributed by atoms with Gasteiger partial charge in [0.25, 0.3) is 5.69 Å². The molecule has 0 saturated heterocycles. The Morgan fingerprint density at radius 3 is 2.48 bits per heavy atom. The highest BCUT2D eigenvalue weighted by Gasteiger charge is 2.36. The van der Waals surface area contributed by atoms with E-state index in [4.69, 9.17) is 0 Å². The first kappa shape index (κ1) is 15.6. The predicted molar refractivity (Wildman–Crippen MR) is 76.4 cm³/mol. The third-order valence-electron chi connectivity index (χ3n) is 4.35. The average molecular weight is 299 g/mol. The van der Waals surface area contributed by atoms with Gasteiger partial charge in [0.15, 0.2) is 17.3 Å². The maximum Gasteiger partial charge on any atom is 0.295 e. The van der Waals surface area contributed by atoms with Crippen LogP contribution in [0.4, 0.5) is 20.2 Å². The molecule has 116 valence electrons. The number of benzene rings is 1. The molecule has 0 heterocycles. The smallest absolute Gasteiger partial charge is 0.295 e. The Morgan fingerprint density at radius 1 is 1.33 bits per heavy atom. The normalized spacial score (nSPS) is 17.2. The zero-order valence-electron chi connectivity index (χ0n) is 12.2. The Hall–Kier alpha value is -1.76. The molecule has 1 aliphatic rings. The van der Waals surface area contributed by atoms with Crippen LogP contribution >= 0.6 is 0 Å². The van der Waals surface area contributed by atoms with Gasteiger partial charge < -0.3 is 10.2 Å². The summed E-state index contributed by atoms with van der Waals surface area (Å²) >= 11 is 0. The van der Waals surface area contributed by atoms with E-state index in [0.29, 0.717) is 6.54 Å². The first-order valence-corrected chi connectivity index (χ1v) is 6.91. The number of hydrogen-bond donors (Lipinski definition) is 1. The van der Waals surface area contributed by atoms with E-state index in [0.717, 1.165) is 37.8 Å². The number of rotatable bonds is 5. The molecular weight excluding hydrogens is 280 g/mol. The fraction of sp³-hybridized carbons (Fsp3) is 0.571. The zero-order valence-corrected chi connectivity index (χ0v) is 12.2. The monoisotopic (exact) mass is 299 g/mol. The standard InChI is InChI=1S/C14H19F2N3O2/c1-18(2)14(7-3-4-8-14)9-17-13-11(19(20)21)6-5-10(15)12(13)16/h5-6,17H,3-4,7-9H2,1-2H3. The fourth-order valence-electron chi connectivity index (χ4n) is 2.93. The molecule has 2 rings (SSSR count). The topological polar surface area (TPSA) is 58.4 Å². The second kappa shape index (κ2) is 5.93. The van der Waals surface area contributed by atoms with Crippen LogP contribution in [0.15, 0.2) is 12.1 Å². The van der Waals surface area contributed by atoms with E-state index < -0.39 is 22.2 Å². The number of likely N-dealkylation sites (N-methyl/N-ethyl adjacent to an activating group) is 1. The molecule has 1 aromatic rings. The summed E-state index contributed by atoms with van der Waals surface area (Å²) in [6, 6.07) is 1.76. The summed E-state index contributed by atoms with van der Waals surface area (Å²) in [5.41, 5.74) is -0.985. The molecule has 0 unspecified atom stereocenters. The molecule has 0 radical (unpaired) electrons. The van der Waals surface area contributed by atoms with Crippen molar-refractivity contribution in [3.05, 3.63) is 33.9 Å². The first-order valence-electron chi connectivity index (χ1n) is 6.91. The van der Waals surface area contributed by atoms with Gasteiger partial charge in [-0.05, 0) is 33.0 Å². The first-order chi connectivity index (χ1) is 9.87. The average Bonchev–Trinajstić information content (AvgIpc) is 2.90. The lowest BCUT2D eigenvalue weighted by atomic mass is 9.96. The second-order valence-electron chi connectivity index (χ2n) is 5.69. The number of nitro benzene ring substituents is 1. The molecule has 0 spiro atoms. The molecule has 0 bridgehead atoms. The zero-order chi connectivity index (χ0) is 15.6. The van der Waals surface area contributed by atoms with Crippen LogP contribution in [-0.4, -0.2) is 36.0 Å². The summed E-state index contributed by atoms with van der Waals surface area (Å²) in [6.07, 6.45) is 3.98. The number of halogens is 2. The Bertz CT molecular complexity index is 543. The van der Waals surface area contributed by atoms with Crippen molar-refractivity contribution in [3.63, 3.8) is 0 Å². The molecule has 0 amide bonds. The van der Waals surface area contributed by atoms with Crippen LogP contribution in [0.3, 0.4) is 0 Å². The molecular formula is C14H19F2N3O2. The number of nitrogens with one attached hydrogen (secondary N) is 1. The molecule has 0 aliphatic heterocycles. The van der Waals surface area contributed by atoms with Crippen LogP contribution < -0.4 is 5.32 Å². The summed E-state index contributed by atoms with van der Waals surface area (Å²) in [5.74, 6) is -2.29. The molecule has 0 atom stereocenters. The fourth-order valence-corrected chi connectivity index (χ4v) is 2.93. The Balaban J connectivity index is 2.27. The third kappa shape index (κ3) is 2.97. The summed E-state index contributed by atoms with van der Waals surface area (Å²) in [4.78, 5) is 12.3. The number of nitro groups is 1. The molecule has 0 aromatic heterocycles. The van der Waals surface area contributed by atoms with E-state index in [1.165, 1.54) is 0 Å². The van der Waals surface area contributed by atoms with Gasteiger partial charge in [-0.1, -0.05) is 12.8 Å². The van der Waals surface area contributed by atoms with Gasteiger partial charge in [-0.2, -0.15) is 0 Å². The highest BCUT2D eigenvalue weighted by Crippen LogP contribution is 2.36. The van der Waals surface area contributed by atoms with Gasteiger partial charge in [0.05, 0.1) is 4.92 Å². The molecule has 7 heteroatoms. The minimum atomic E-state index is -1.20. The quantitative estimate of drug-likeness (QED) is 0.670. The van der Waals surface area contributed by atoms with Crippen molar-refractivity contribution in [2.75, 3.05) is 26.0 Å². The van der Waals surface area contributed by atoms with Crippen molar-refractivity contribution in [1.29, 1.82) is 0 Å². The van der Waals surface area contributed by atoms with E-state index >= 15 is 0 Å². The summed E-state index contributed by atoms with van der Waals surface area (Å²) in [6.45, 7) is 0.348. The van der Waals surface area contributed by atoms with E-state index in [2.05, 4.69) is 10.2 Å². The number of nitrogens with zero attached hydrogens (tertiary/aromatic N) is 2. The van der Waals surface area contributed by atoms with Gasteiger partial charge in [-0.3, -0.25) is 10.1 Å². The lowest BCUT2D eigenvalue weighted by Gasteiger charge is -2.36. The van der Waals surface area contributed by atoms with Gasteiger partial charge >= 0.3 is 0 Å². The van der Waals surface area contributed by atoms with Gasteiger partial charge in [0.2, 0.25) is 0 Å². The van der Waals surface area contributed by atoms with Crippen molar-refractivity contribution in [3.8, 4) is 0 Å². The Morgan fingerprint density at radius 2 is 1.95 bits per heavy atom. The summed E-state index contributed by atoms with van der Waals surface area (Å²) in [7, 11) is 3.87. The lowest BCUT2D eigenvalue weighted by molar-refractivity contribution is -0.384. The maximum atomic E-state index is 13.9. The van der Waals surface area contributed by atoms with E-state index in [1.54, 1.807) is 0 Å². The van der Waals surface area contributed by atoms with Crippen molar-refractivity contribution in [1.82, 2.24) is 4.90 Å². The van der Waals surface area contributed by atoms with E-state index in [1.807, 2.05) is 14.1 Å². The van der Waals surface area contributed by atoms with Crippen LogP contribution in [-0.2, 0) is 0 Å². The van der Waals surface area contributed by atoms with E-state index in [9.17, 15) is 18.9 Å². The van der Waals surface area contributed by atoms with Crippen LogP contribution in [0.2, 0.25) is 0 Å². The molecule has 1 fully saturated rings. The summed E-state index contributed by atoms with van der Waals surface area (Å²) in [5, 5.41) is 13.7. The van der Waals surface area contributed by atoms with Crippen LogP contribution in [0.5, 0.6) is 0 Å². The number of anilines is 1. The second-order valence-corrected chi connectivity index (χ2v) is 5.69. The molecule has 5 nitrogen and oxygen atoms in total. The van der Waals surface area contributed by atoms with Gasteiger partial charge in [-0.25, -0.2) is 8.78 Å². The molecule has 1 aliphatic carbocycles. The van der Waals surface area contributed by atoms with Crippen LogP contribution in [0, 0.1) is 21.7 Å². The minimum Gasteiger partial charge on any atom is -0.375 e. The van der Waals surface area contributed by atoms with Crippen LogP contribution in [0.1, 0.15) is 25.7 Å². The summed E-state index contributed by atoms with van der Waals surface area (Å²) < 4.78 is 27.2. The maximum absolute atomic E-state index is 13.9. The van der Waals surface area contributed by atoms with E-state index in [-0.39, 0.29) is 11.2 Å². The molecule has 1 aromatic carbocycles. The minimum absolute atomic E-state index is 0.174.